The first-order valence-electron chi connectivity index (χ1n) is 5.98. The number of nitrogens with zero attached hydrogens (tertiary/aromatic N) is 2. The van der Waals surface area contributed by atoms with Gasteiger partial charge in [0.25, 0.3) is 0 Å². The van der Waals surface area contributed by atoms with Crippen molar-refractivity contribution in [1.29, 1.82) is 0 Å². The van der Waals surface area contributed by atoms with E-state index in [0.29, 0.717) is 0 Å². The number of aryl methyl sites for hydroxylation is 1. The number of fused-ring (bicyclic) bond motifs is 1. The Morgan fingerprint density at radius 1 is 1.17 bits per heavy atom. The van der Waals surface area contributed by atoms with E-state index in [1.54, 1.807) is 11.3 Å². The van der Waals surface area contributed by atoms with Crippen LogP contribution < -0.4 is 5.32 Å². The molecule has 0 saturated heterocycles. The van der Waals surface area contributed by atoms with E-state index < -0.39 is 0 Å². The van der Waals surface area contributed by atoms with Crippen molar-refractivity contribution in [3.05, 3.63) is 53.3 Å². The number of para-hydroxylation sites is 1. The van der Waals surface area contributed by atoms with Gasteiger partial charge in [0.1, 0.15) is 5.01 Å². The zero-order chi connectivity index (χ0) is 12.4. The summed E-state index contributed by atoms with van der Waals surface area (Å²) in [4.78, 5) is 4.60. The summed E-state index contributed by atoms with van der Waals surface area (Å²) in [5.41, 5.74) is 2.38. The van der Waals surface area contributed by atoms with Gasteiger partial charge in [0, 0.05) is 32.0 Å². The second-order valence-electron chi connectivity index (χ2n) is 4.29. The van der Waals surface area contributed by atoms with E-state index in [4.69, 9.17) is 0 Å². The van der Waals surface area contributed by atoms with Crippen molar-refractivity contribution >= 4 is 21.6 Å². The maximum atomic E-state index is 4.60. The molecule has 0 unspecified atom stereocenters. The summed E-state index contributed by atoms with van der Waals surface area (Å²) in [6.07, 6.45) is 2.06. The van der Waals surface area contributed by atoms with Crippen molar-refractivity contribution in [2.75, 3.05) is 0 Å². The highest BCUT2D eigenvalue weighted by Gasteiger charge is 2.03. The molecule has 0 amide bonds. The van der Waals surface area contributed by atoms with Crippen molar-refractivity contribution in [2.24, 2.45) is 7.05 Å². The minimum absolute atomic E-state index is 0.824. The van der Waals surface area contributed by atoms with Gasteiger partial charge in [-0.3, -0.25) is 0 Å². The van der Waals surface area contributed by atoms with E-state index in [0.717, 1.165) is 23.6 Å². The maximum Gasteiger partial charge on any atom is 0.108 e. The molecule has 0 radical (unpaired) electrons. The SMILES string of the molecule is Cn1cccc1CNCc1nc2ccccc2s1. The Hall–Kier alpha value is -1.65. The fourth-order valence-corrected chi connectivity index (χ4v) is 2.91. The van der Waals surface area contributed by atoms with Gasteiger partial charge in [-0.25, -0.2) is 4.98 Å². The highest BCUT2D eigenvalue weighted by Crippen LogP contribution is 2.21. The van der Waals surface area contributed by atoms with Crippen molar-refractivity contribution in [1.82, 2.24) is 14.9 Å². The average Bonchev–Trinajstić information content (AvgIpc) is 2.96. The number of hydrogen-bond acceptors (Lipinski definition) is 3. The summed E-state index contributed by atoms with van der Waals surface area (Å²) in [5, 5.41) is 4.58. The lowest BCUT2D eigenvalue weighted by Crippen LogP contribution is -2.14. The predicted octanol–water partition coefficient (Wildman–Crippen LogP) is 2.92. The van der Waals surface area contributed by atoms with Crippen LogP contribution in [-0.4, -0.2) is 9.55 Å². The van der Waals surface area contributed by atoms with Crippen LogP contribution in [0, 0.1) is 0 Å². The van der Waals surface area contributed by atoms with Crippen LogP contribution in [-0.2, 0) is 20.1 Å². The zero-order valence-electron chi connectivity index (χ0n) is 10.3. The van der Waals surface area contributed by atoms with Crippen molar-refractivity contribution in [3.8, 4) is 0 Å². The summed E-state index contributed by atoms with van der Waals surface area (Å²) >= 11 is 1.76. The lowest BCUT2D eigenvalue weighted by molar-refractivity contribution is 0.654. The number of aromatic nitrogens is 2. The van der Waals surface area contributed by atoms with E-state index in [1.807, 2.05) is 6.07 Å². The second-order valence-corrected chi connectivity index (χ2v) is 5.40. The summed E-state index contributed by atoms with van der Waals surface area (Å²) in [5.74, 6) is 0. The minimum Gasteiger partial charge on any atom is -0.353 e. The van der Waals surface area contributed by atoms with Crippen molar-refractivity contribution < 1.29 is 0 Å². The highest BCUT2D eigenvalue weighted by molar-refractivity contribution is 7.18. The van der Waals surface area contributed by atoms with Gasteiger partial charge in [0.2, 0.25) is 0 Å². The molecule has 2 heterocycles. The molecule has 2 aromatic heterocycles. The highest BCUT2D eigenvalue weighted by atomic mass is 32.1. The Labute approximate surface area is 110 Å². The first kappa shape index (κ1) is 11.4. The molecule has 1 aromatic carbocycles. The summed E-state index contributed by atoms with van der Waals surface area (Å²) in [6.45, 7) is 1.70. The first-order chi connectivity index (χ1) is 8.83. The third-order valence-corrected chi connectivity index (χ3v) is 4.01. The minimum atomic E-state index is 0.824. The van der Waals surface area contributed by atoms with E-state index in [2.05, 4.69) is 58.4 Å². The fourth-order valence-electron chi connectivity index (χ4n) is 1.97. The molecule has 0 aliphatic heterocycles. The lowest BCUT2D eigenvalue weighted by Gasteiger charge is -2.03. The molecule has 18 heavy (non-hydrogen) atoms. The lowest BCUT2D eigenvalue weighted by atomic mass is 10.3. The molecule has 0 spiro atoms. The predicted molar refractivity (Wildman–Crippen MR) is 75.6 cm³/mol. The molecule has 1 N–H and O–H groups in total. The number of thiazole rings is 1. The van der Waals surface area contributed by atoms with Gasteiger partial charge in [0.15, 0.2) is 0 Å². The Balaban J connectivity index is 1.65. The van der Waals surface area contributed by atoms with E-state index in [-0.39, 0.29) is 0 Å². The Morgan fingerprint density at radius 3 is 2.83 bits per heavy atom. The molecule has 3 aromatic rings. The standard InChI is InChI=1S/C14H15N3S/c1-17-8-4-5-11(17)9-15-10-14-16-12-6-2-3-7-13(12)18-14/h2-8,15H,9-10H2,1H3. The summed E-state index contributed by atoms with van der Waals surface area (Å²) < 4.78 is 3.39. The van der Waals surface area contributed by atoms with Crippen molar-refractivity contribution in [2.45, 2.75) is 13.1 Å². The number of hydrogen-bond donors (Lipinski definition) is 1. The van der Waals surface area contributed by atoms with Gasteiger partial charge in [-0.15, -0.1) is 11.3 Å². The van der Waals surface area contributed by atoms with Crippen LogP contribution in [0.4, 0.5) is 0 Å². The van der Waals surface area contributed by atoms with Gasteiger partial charge in [-0.1, -0.05) is 12.1 Å². The number of benzene rings is 1. The molecule has 0 fully saturated rings. The van der Waals surface area contributed by atoms with Gasteiger partial charge in [0.05, 0.1) is 10.2 Å². The number of rotatable bonds is 4. The molecule has 0 aliphatic carbocycles. The van der Waals surface area contributed by atoms with E-state index >= 15 is 0 Å². The van der Waals surface area contributed by atoms with Crippen LogP contribution in [0.1, 0.15) is 10.7 Å². The molecule has 0 atom stereocenters. The molecule has 0 bridgehead atoms. The van der Waals surface area contributed by atoms with Crippen LogP contribution in [0.5, 0.6) is 0 Å². The molecule has 4 heteroatoms. The van der Waals surface area contributed by atoms with Gasteiger partial charge < -0.3 is 9.88 Å². The Bertz CT molecular complexity index is 621. The zero-order valence-corrected chi connectivity index (χ0v) is 11.1. The quantitative estimate of drug-likeness (QED) is 0.779. The molecule has 0 aliphatic rings. The topological polar surface area (TPSA) is 29.9 Å². The molecule has 0 saturated carbocycles. The summed E-state index contributed by atoms with van der Waals surface area (Å²) in [6, 6.07) is 12.5. The molecular weight excluding hydrogens is 242 g/mol. The van der Waals surface area contributed by atoms with Gasteiger partial charge >= 0.3 is 0 Å². The fraction of sp³-hybridized carbons (Fsp3) is 0.214. The number of nitrogens with one attached hydrogen (secondary N) is 1. The normalized spacial score (nSPS) is 11.2. The van der Waals surface area contributed by atoms with Gasteiger partial charge in [-0.2, -0.15) is 0 Å². The third-order valence-electron chi connectivity index (χ3n) is 2.97. The molecule has 92 valence electrons. The second kappa shape index (κ2) is 4.92. The van der Waals surface area contributed by atoms with Crippen LogP contribution in [0.25, 0.3) is 10.2 Å². The monoisotopic (exact) mass is 257 g/mol. The smallest absolute Gasteiger partial charge is 0.108 e. The Morgan fingerprint density at radius 2 is 2.06 bits per heavy atom. The van der Waals surface area contributed by atoms with Crippen LogP contribution in [0.2, 0.25) is 0 Å². The maximum absolute atomic E-state index is 4.60. The van der Waals surface area contributed by atoms with Crippen LogP contribution in [0.3, 0.4) is 0 Å². The van der Waals surface area contributed by atoms with Crippen LogP contribution >= 0.6 is 11.3 Å². The largest absolute Gasteiger partial charge is 0.353 e. The average molecular weight is 257 g/mol. The van der Waals surface area contributed by atoms with E-state index in [1.165, 1.54) is 10.4 Å². The van der Waals surface area contributed by atoms with E-state index in [9.17, 15) is 0 Å². The first-order valence-corrected chi connectivity index (χ1v) is 6.80. The Kier molecular flexibility index (Phi) is 3.13. The van der Waals surface area contributed by atoms with Crippen LogP contribution in [0.15, 0.2) is 42.6 Å². The molecule has 3 nitrogen and oxygen atoms in total. The molecule has 3 rings (SSSR count). The third kappa shape index (κ3) is 2.30. The van der Waals surface area contributed by atoms with Gasteiger partial charge in [-0.05, 0) is 24.3 Å². The molecular formula is C14H15N3S. The van der Waals surface area contributed by atoms with Crippen molar-refractivity contribution in [3.63, 3.8) is 0 Å². The summed E-state index contributed by atoms with van der Waals surface area (Å²) in [7, 11) is 2.06.